The summed E-state index contributed by atoms with van der Waals surface area (Å²) in [6.45, 7) is 3.41. The SMILES string of the molecule is Cc1ccc2[nH]c(C(=O)N[C@H]3CC[C@H](C(=O)N(C)C)C[C@H]3NC(=O)c3nc4c(s3)CNC4)cc2c1. The summed E-state index contributed by atoms with van der Waals surface area (Å²) in [4.78, 5) is 49.2. The lowest BCUT2D eigenvalue weighted by atomic mass is 9.81. The van der Waals surface area contributed by atoms with E-state index >= 15 is 0 Å². The van der Waals surface area contributed by atoms with Crippen molar-refractivity contribution in [2.24, 2.45) is 5.92 Å². The lowest BCUT2D eigenvalue weighted by molar-refractivity contribution is -0.134. The Balaban J connectivity index is 1.33. The molecule has 4 N–H and O–H groups in total. The predicted octanol–water partition coefficient (Wildman–Crippen LogP) is 2.32. The Kier molecular flexibility index (Phi) is 6.33. The van der Waals surface area contributed by atoms with Crippen LogP contribution in [0.4, 0.5) is 0 Å². The van der Waals surface area contributed by atoms with E-state index in [0.717, 1.165) is 33.6 Å². The van der Waals surface area contributed by atoms with Gasteiger partial charge in [-0.15, -0.1) is 11.3 Å². The standard InChI is InChI=1S/C25H30N6O3S/c1-13-4-6-16-15(8-13)10-19(27-16)22(32)28-17-7-5-14(25(34)31(2)3)9-18(17)29-23(33)24-30-20-11-26-12-21(20)35-24/h4,6,8,10,14,17-18,26-27H,5,7,9,11-12H2,1-3H3,(H,28,32)(H,29,33)/t14-,17-,18+/m0/s1. The van der Waals surface area contributed by atoms with E-state index in [0.29, 0.717) is 36.5 Å². The van der Waals surface area contributed by atoms with Crippen LogP contribution in [0.25, 0.3) is 10.9 Å². The molecule has 3 amide bonds. The highest BCUT2D eigenvalue weighted by atomic mass is 32.1. The Morgan fingerprint density at radius 2 is 1.86 bits per heavy atom. The van der Waals surface area contributed by atoms with Crippen LogP contribution in [0.3, 0.4) is 0 Å². The monoisotopic (exact) mass is 494 g/mol. The number of nitrogens with one attached hydrogen (secondary N) is 4. The summed E-state index contributed by atoms with van der Waals surface area (Å²) >= 11 is 1.39. The van der Waals surface area contributed by atoms with E-state index in [1.807, 2.05) is 31.2 Å². The summed E-state index contributed by atoms with van der Waals surface area (Å²) in [7, 11) is 3.49. The fourth-order valence-corrected chi connectivity index (χ4v) is 5.94. The van der Waals surface area contributed by atoms with Gasteiger partial charge in [0.15, 0.2) is 5.01 Å². The van der Waals surface area contributed by atoms with E-state index in [1.165, 1.54) is 11.3 Å². The highest BCUT2D eigenvalue weighted by Crippen LogP contribution is 2.28. The third kappa shape index (κ3) is 4.81. The van der Waals surface area contributed by atoms with Crippen molar-refractivity contribution in [3.63, 3.8) is 0 Å². The number of carbonyl (C=O) groups excluding carboxylic acids is 3. The number of thiazole rings is 1. The van der Waals surface area contributed by atoms with Crippen LogP contribution in [0.5, 0.6) is 0 Å². The molecule has 1 aliphatic heterocycles. The van der Waals surface area contributed by atoms with Gasteiger partial charge in [-0.1, -0.05) is 11.6 Å². The predicted molar refractivity (Wildman–Crippen MR) is 134 cm³/mol. The number of fused-ring (bicyclic) bond motifs is 2. The van der Waals surface area contributed by atoms with Gasteiger partial charge in [0.25, 0.3) is 11.8 Å². The molecular formula is C25H30N6O3S. The fourth-order valence-electron chi connectivity index (χ4n) is 4.99. The second-order valence-electron chi connectivity index (χ2n) is 9.67. The number of rotatable bonds is 5. The van der Waals surface area contributed by atoms with Gasteiger partial charge >= 0.3 is 0 Å². The summed E-state index contributed by atoms with van der Waals surface area (Å²) in [6.07, 6.45) is 1.71. The minimum absolute atomic E-state index is 0.0410. The van der Waals surface area contributed by atoms with Crippen molar-refractivity contribution in [1.29, 1.82) is 0 Å². The number of amides is 3. The molecule has 0 spiro atoms. The first kappa shape index (κ1) is 23.5. The second-order valence-corrected chi connectivity index (χ2v) is 10.8. The largest absolute Gasteiger partial charge is 0.351 e. The average molecular weight is 495 g/mol. The van der Waals surface area contributed by atoms with Gasteiger partial charge in [0.2, 0.25) is 5.91 Å². The Labute approximate surface area is 207 Å². The Hall–Kier alpha value is -3.24. The molecule has 3 heterocycles. The van der Waals surface area contributed by atoms with Gasteiger partial charge in [-0.2, -0.15) is 0 Å². The van der Waals surface area contributed by atoms with Crippen molar-refractivity contribution in [1.82, 2.24) is 30.8 Å². The zero-order valence-corrected chi connectivity index (χ0v) is 20.9. The van der Waals surface area contributed by atoms with E-state index < -0.39 is 0 Å². The normalized spacial score (nSPS) is 21.5. The van der Waals surface area contributed by atoms with Gasteiger partial charge in [0.1, 0.15) is 5.69 Å². The van der Waals surface area contributed by atoms with Crippen molar-refractivity contribution in [3.05, 3.63) is 51.1 Å². The third-order valence-electron chi connectivity index (χ3n) is 6.84. The van der Waals surface area contributed by atoms with E-state index in [1.54, 1.807) is 19.0 Å². The number of aromatic nitrogens is 2. The molecular weight excluding hydrogens is 464 g/mol. The van der Waals surface area contributed by atoms with Crippen molar-refractivity contribution in [2.75, 3.05) is 14.1 Å². The minimum Gasteiger partial charge on any atom is -0.351 e. The molecule has 1 aromatic carbocycles. The summed E-state index contributed by atoms with van der Waals surface area (Å²) in [5, 5.41) is 10.8. The summed E-state index contributed by atoms with van der Waals surface area (Å²) in [5.41, 5.74) is 3.42. The topological polar surface area (TPSA) is 119 Å². The first-order valence-corrected chi connectivity index (χ1v) is 12.7. The maximum absolute atomic E-state index is 13.1. The molecule has 1 aliphatic carbocycles. The second kappa shape index (κ2) is 9.43. The Morgan fingerprint density at radius 1 is 1.06 bits per heavy atom. The molecule has 3 atom stereocenters. The zero-order chi connectivity index (χ0) is 24.7. The van der Waals surface area contributed by atoms with Gasteiger partial charge in [-0.05, 0) is 44.4 Å². The third-order valence-corrected chi connectivity index (χ3v) is 7.94. The fraction of sp³-hybridized carbons (Fsp3) is 0.440. The van der Waals surface area contributed by atoms with E-state index in [4.69, 9.17) is 0 Å². The number of aryl methyl sites for hydroxylation is 1. The lowest BCUT2D eigenvalue weighted by Gasteiger charge is -2.37. The summed E-state index contributed by atoms with van der Waals surface area (Å²) in [6, 6.07) is 7.17. The molecule has 0 saturated heterocycles. The van der Waals surface area contributed by atoms with Crippen LogP contribution in [0.15, 0.2) is 24.3 Å². The van der Waals surface area contributed by atoms with Crippen LogP contribution < -0.4 is 16.0 Å². The number of benzene rings is 1. The average Bonchev–Trinajstić information content (AvgIpc) is 3.54. The molecule has 1 saturated carbocycles. The number of carbonyl (C=O) groups is 3. The molecule has 0 bridgehead atoms. The molecule has 35 heavy (non-hydrogen) atoms. The van der Waals surface area contributed by atoms with Gasteiger partial charge in [0.05, 0.1) is 11.7 Å². The molecule has 9 nitrogen and oxygen atoms in total. The smallest absolute Gasteiger partial charge is 0.280 e. The molecule has 0 unspecified atom stereocenters. The highest BCUT2D eigenvalue weighted by molar-refractivity contribution is 7.13. The van der Waals surface area contributed by atoms with Gasteiger partial charge < -0.3 is 25.8 Å². The van der Waals surface area contributed by atoms with Crippen LogP contribution in [0, 0.1) is 12.8 Å². The Morgan fingerprint density at radius 3 is 2.63 bits per heavy atom. The maximum atomic E-state index is 13.1. The molecule has 2 aromatic heterocycles. The van der Waals surface area contributed by atoms with Crippen molar-refractivity contribution in [2.45, 2.75) is 51.4 Å². The van der Waals surface area contributed by atoms with E-state index in [9.17, 15) is 14.4 Å². The van der Waals surface area contributed by atoms with Gasteiger partial charge in [-0.25, -0.2) is 4.98 Å². The van der Waals surface area contributed by atoms with Crippen LogP contribution in [-0.2, 0) is 17.9 Å². The lowest BCUT2D eigenvalue weighted by Crippen LogP contribution is -2.56. The van der Waals surface area contributed by atoms with Crippen LogP contribution >= 0.6 is 11.3 Å². The number of hydrogen-bond donors (Lipinski definition) is 4. The quantitative estimate of drug-likeness (QED) is 0.434. The molecule has 3 aromatic rings. The first-order chi connectivity index (χ1) is 16.8. The molecule has 184 valence electrons. The minimum atomic E-state index is -0.377. The van der Waals surface area contributed by atoms with Gasteiger partial charge in [-0.3, -0.25) is 14.4 Å². The van der Waals surface area contributed by atoms with Crippen molar-refractivity contribution >= 4 is 40.0 Å². The number of nitrogens with zero attached hydrogens (tertiary/aromatic N) is 2. The maximum Gasteiger partial charge on any atom is 0.280 e. The summed E-state index contributed by atoms with van der Waals surface area (Å²) < 4.78 is 0. The van der Waals surface area contributed by atoms with E-state index in [-0.39, 0.29) is 35.7 Å². The molecule has 0 radical (unpaired) electrons. The number of H-pyrrole nitrogens is 1. The molecule has 10 heteroatoms. The molecule has 1 fully saturated rings. The van der Waals surface area contributed by atoms with Crippen LogP contribution in [-0.4, -0.2) is 58.8 Å². The van der Waals surface area contributed by atoms with Crippen molar-refractivity contribution in [3.8, 4) is 0 Å². The molecule has 2 aliphatic rings. The van der Waals surface area contributed by atoms with E-state index in [2.05, 4.69) is 25.9 Å². The Bertz CT molecular complexity index is 1270. The van der Waals surface area contributed by atoms with Crippen molar-refractivity contribution < 1.29 is 14.4 Å². The first-order valence-electron chi connectivity index (χ1n) is 11.9. The highest BCUT2D eigenvalue weighted by Gasteiger charge is 2.37. The summed E-state index contributed by atoms with van der Waals surface area (Å²) in [5.74, 6) is -0.642. The van der Waals surface area contributed by atoms with Crippen LogP contribution in [0.1, 0.15) is 55.7 Å². The zero-order valence-electron chi connectivity index (χ0n) is 20.1. The number of aromatic amines is 1. The van der Waals surface area contributed by atoms with Gasteiger partial charge in [0, 0.05) is 54.9 Å². The molecule has 5 rings (SSSR count). The number of hydrogen-bond acceptors (Lipinski definition) is 6. The van der Waals surface area contributed by atoms with Crippen LogP contribution in [0.2, 0.25) is 0 Å².